The van der Waals surface area contributed by atoms with Gasteiger partial charge in [0.15, 0.2) is 0 Å². The van der Waals surface area contributed by atoms with Gasteiger partial charge in [-0.05, 0) is 19.9 Å². The lowest BCUT2D eigenvalue weighted by Crippen LogP contribution is -2.22. The summed E-state index contributed by atoms with van der Waals surface area (Å²) in [6, 6.07) is 0.253. The number of thiazole rings is 1. The zero-order chi connectivity index (χ0) is 13.1. The molecule has 0 aliphatic rings. The molecule has 0 bridgehead atoms. The molecule has 0 fully saturated rings. The maximum atomic E-state index is 6.28. The average molecular weight is 285 g/mol. The number of likely N-dealkylation sites (N-methyl/N-ethyl adjacent to an activating group) is 1. The first-order valence-corrected chi connectivity index (χ1v) is 7.19. The fourth-order valence-electron chi connectivity index (χ4n) is 2.03. The number of hydrogen-bond donors (Lipinski definition) is 1. The van der Waals surface area contributed by atoms with Gasteiger partial charge in [-0.1, -0.05) is 18.5 Å². The normalized spacial score (nSPS) is 12.9. The van der Waals surface area contributed by atoms with Gasteiger partial charge in [0.1, 0.15) is 5.15 Å². The molecule has 2 aromatic rings. The SMILES string of the molecule is CCNC(Cc1c(C)nn(C)c1Cl)c1cncs1. The summed E-state index contributed by atoms with van der Waals surface area (Å²) in [5, 5.41) is 8.54. The van der Waals surface area contributed by atoms with Crippen molar-refractivity contribution in [3.8, 4) is 0 Å². The molecule has 0 radical (unpaired) electrons. The molecule has 0 spiro atoms. The van der Waals surface area contributed by atoms with E-state index in [0.29, 0.717) is 0 Å². The van der Waals surface area contributed by atoms with Crippen molar-refractivity contribution in [3.63, 3.8) is 0 Å². The summed E-state index contributed by atoms with van der Waals surface area (Å²) in [6.45, 7) is 5.02. The summed E-state index contributed by atoms with van der Waals surface area (Å²) in [5.41, 5.74) is 3.96. The zero-order valence-corrected chi connectivity index (χ0v) is 12.3. The van der Waals surface area contributed by atoms with E-state index in [0.717, 1.165) is 29.4 Å². The third-order valence-corrected chi connectivity index (χ3v) is 4.29. The van der Waals surface area contributed by atoms with Crippen LogP contribution in [0.25, 0.3) is 0 Å². The fraction of sp³-hybridized carbons (Fsp3) is 0.500. The van der Waals surface area contributed by atoms with Crippen molar-refractivity contribution >= 4 is 22.9 Å². The Morgan fingerprint density at radius 1 is 1.56 bits per heavy atom. The maximum absolute atomic E-state index is 6.28. The summed E-state index contributed by atoms with van der Waals surface area (Å²) in [6.07, 6.45) is 2.76. The molecule has 4 nitrogen and oxygen atoms in total. The van der Waals surface area contributed by atoms with E-state index in [2.05, 4.69) is 22.3 Å². The van der Waals surface area contributed by atoms with Gasteiger partial charge in [0.05, 0.1) is 11.2 Å². The minimum atomic E-state index is 0.253. The molecule has 1 atom stereocenters. The van der Waals surface area contributed by atoms with E-state index in [-0.39, 0.29) is 6.04 Å². The van der Waals surface area contributed by atoms with Gasteiger partial charge in [-0.2, -0.15) is 5.10 Å². The molecule has 0 aliphatic carbocycles. The Kier molecular flexibility index (Phi) is 4.37. The zero-order valence-electron chi connectivity index (χ0n) is 10.8. The average Bonchev–Trinajstić information content (AvgIpc) is 2.93. The molecule has 6 heteroatoms. The van der Waals surface area contributed by atoms with Crippen LogP contribution in [0.5, 0.6) is 0 Å². The van der Waals surface area contributed by atoms with Crippen LogP contribution in [0.1, 0.15) is 29.1 Å². The Balaban J connectivity index is 2.24. The number of aryl methyl sites for hydroxylation is 2. The molecule has 98 valence electrons. The van der Waals surface area contributed by atoms with Crippen LogP contribution in [-0.2, 0) is 13.5 Å². The van der Waals surface area contributed by atoms with Crippen molar-refractivity contribution in [1.82, 2.24) is 20.1 Å². The Bertz CT molecular complexity index is 506. The Labute approximate surface area is 116 Å². The van der Waals surface area contributed by atoms with Crippen molar-refractivity contribution < 1.29 is 0 Å². The predicted molar refractivity (Wildman–Crippen MR) is 75.2 cm³/mol. The van der Waals surface area contributed by atoms with Crippen LogP contribution in [0, 0.1) is 6.92 Å². The lowest BCUT2D eigenvalue weighted by molar-refractivity contribution is 0.556. The van der Waals surface area contributed by atoms with E-state index >= 15 is 0 Å². The van der Waals surface area contributed by atoms with Crippen molar-refractivity contribution in [2.45, 2.75) is 26.3 Å². The highest BCUT2D eigenvalue weighted by atomic mass is 35.5. The van der Waals surface area contributed by atoms with E-state index in [1.54, 1.807) is 16.0 Å². The van der Waals surface area contributed by atoms with Crippen LogP contribution in [0.4, 0.5) is 0 Å². The highest BCUT2D eigenvalue weighted by molar-refractivity contribution is 7.09. The molecule has 0 amide bonds. The van der Waals surface area contributed by atoms with Gasteiger partial charge in [-0.25, -0.2) is 0 Å². The summed E-state index contributed by atoms with van der Waals surface area (Å²) < 4.78 is 1.72. The second-order valence-electron chi connectivity index (χ2n) is 4.20. The summed E-state index contributed by atoms with van der Waals surface area (Å²) in [5.74, 6) is 0. The van der Waals surface area contributed by atoms with Gasteiger partial charge in [-0.15, -0.1) is 11.3 Å². The molecule has 2 aromatic heterocycles. The highest BCUT2D eigenvalue weighted by Gasteiger charge is 2.18. The molecule has 2 heterocycles. The van der Waals surface area contributed by atoms with E-state index < -0.39 is 0 Å². The lowest BCUT2D eigenvalue weighted by atomic mass is 10.1. The first-order valence-electron chi connectivity index (χ1n) is 5.93. The molecular formula is C12H17ClN4S. The second-order valence-corrected chi connectivity index (χ2v) is 5.47. The number of rotatable bonds is 5. The van der Waals surface area contributed by atoms with Crippen LogP contribution in [-0.4, -0.2) is 21.3 Å². The molecule has 1 unspecified atom stereocenters. The second kappa shape index (κ2) is 5.82. The number of nitrogens with zero attached hydrogens (tertiary/aromatic N) is 3. The Morgan fingerprint density at radius 3 is 2.83 bits per heavy atom. The van der Waals surface area contributed by atoms with Gasteiger partial charge in [0.25, 0.3) is 0 Å². The van der Waals surface area contributed by atoms with Gasteiger partial charge in [0, 0.05) is 29.7 Å². The van der Waals surface area contributed by atoms with Gasteiger partial charge < -0.3 is 5.32 Å². The number of aromatic nitrogens is 3. The number of halogens is 1. The molecule has 0 aliphatic heterocycles. The van der Waals surface area contributed by atoms with Crippen LogP contribution >= 0.6 is 22.9 Å². The topological polar surface area (TPSA) is 42.7 Å². The van der Waals surface area contributed by atoms with E-state index in [1.165, 1.54) is 4.88 Å². The third-order valence-electron chi connectivity index (χ3n) is 2.92. The molecule has 0 saturated carbocycles. The summed E-state index contributed by atoms with van der Waals surface area (Å²) >= 11 is 7.94. The quantitative estimate of drug-likeness (QED) is 0.918. The van der Waals surface area contributed by atoms with Crippen molar-refractivity contribution in [1.29, 1.82) is 0 Å². The Morgan fingerprint density at radius 2 is 2.33 bits per heavy atom. The van der Waals surface area contributed by atoms with Crippen LogP contribution in [0.3, 0.4) is 0 Å². The van der Waals surface area contributed by atoms with Crippen LogP contribution in [0.2, 0.25) is 5.15 Å². The van der Waals surface area contributed by atoms with Crippen molar-refractivity contribution in [2.24, 2.45) is 7.05 Å². The fourth-order valence-corrected chi connectivity index (χ4v) is 2.98. The highest BCUT2D eigenvalue weighted by Crippen LogP contribution is 2.27. The van der Waals surface area contributed by atoms with E-state index in [1.807, 2.05) is 25.7 Å². The lowest BCUT2D eigenvalue weighted by Gasteiger charge is -2.15. The standard InChI is InChI=1S/C12H17ClN4S/c1-4-15-10(11-6-14-7-18-11)5-9-8(2)16-17(3)12(9)13/h6-7,10,15H,4-5H2,1-3H3. The minimum absolute atomic E-state index is 0.253. The molecule has 2 rings (SSSR count). The van der Waals surface area contributed by atoms with Crippen molar-refractivity contribution in [3.05, 3.63) is 33.0 Å². The molecular weight excluding hydrogens is 268 g/mol. The number of hydrogen-bond acceptors (Lipinski definition) is 4. The third kappa shape index (κ3) is 2.74. The smallest absolute Gasteiger partial charge is 0.130 e. The first-order chi connectivity index (χ1) is 8.63. The monoisotopic (exact) mass is 284 g/mol. The molecule has 0 aromatic carbocycles. The van der Waals surface area contributed by atoms with Gasteiger partial charge >= 0.3 is 0 Å². The van der Waals surface area contributed by atoms with Gasteiger partial charge in [-0.3, -0.25) is 9.67 Å². The van der Waals surface area contributed by atoms with Crippen molar-refractivity contribution in [2.75, 3.05) is 6.54 Å². The van der Waals surface area contributed by atoms with Crippen LogP contribution < -0.4 is 5.32 Å². The van der Waals surface area contributed by atoms with Gasteiger partial charge in [0.2, 0.25) is 0 Å². The molecule has 18 heavy (non-hydrogen) atoms. The van der Waals surface area contributed by atoms with Crippen LogP contribution in [0.15, 0.2) is 11.7 Å². The largest absolute Gasteiger partial charge is 0.309 e. The number of nitrogens with one attached hydrogen (secondary N) is 1. The van der Waals surface area contributed by atoms with E-state index in [9.17, 15) is 0 Å². The van der Waals surface area contributed by atoms with E-state index in [4.69, 9.17) is 11.6 Å². The first kappa shape index (κ1) is 13.5. The summed E-state index contributed by atoms with van der Waals surface area (Å²) in [7, 11) is 1.87. The molecule has 1 N–H and O–H groups in total. The summed E-state index contributed by atoms with van der Waals surface area (Å²) in [4.78, 5) is 5.37. The Hall–Kier alpha value is -0.910. The predicted octanol–water partition coefficient (Wildman–Crippen LogP) is 2.73. The molecule has 0 saturated heterocycles. The minimum Gasteiger partial charge on any atom is -0.309 e. The maximum Gasteiger partial charge on any atom is 0.130 e.